The summed E-state index contributed by atoms with van der Waals surface area (Å²) < 4.78 is 13.8. The summed E-state index contributed by atoms with van der Waals surface area (Å²) in [4.78, 5) is 2.25. The van der Waals surface area contributed by atoms with Gasteiger partial charge in [-0.25, -0.2) is 4.39 Å². The summed E-state index contributed by atoms with van der Waals surface area (Å²) in [6.45, 7) is 13.9. The smallest absolute Gasteiger partial charge is 0.118 e. The van der Waals surface area contributed by atoms with Crippen molar-refractivity contribution in [2.75, 3.05) is 38.0 Å². The van der Waals surface area contributed by atoms with Gasteiger partial charge in [-0.3, -0.25) is 0 Å². The highest BCUT2D eigenvalue weighted by Crippen LogP contribution is 2.25. The minimum atomic E-state index is -1.10. The first-order valence-electron chi connectivity index (χ1n) is 11.1. The minimum absolute atomic E-state index is 0.540. The van der Waals surface area contributed by atoms with Gasteiger partial charge in [0.15, 0.2) is 0 Å². The van der Waals surface area contributed by atoms with E-state index in [4.69, 9.17) is 0 Å². The number of hydrogen-bond acceptors (Lipinski definition) is 3. The van der Waals surface area contributed by atoms with E-state index < -0.39 is 5.67 Å². The lowest BCUT2D eigenvalue weighted by atomic mass is 9.95. The molecule has 0 amide bonds. The zero-order valence-corrected chi connectivity index (χ0v) is 18.7. The van der Waals surface area contributed by atoms with Gasteiger partial charge in [0.1, 0.15) is 5.67 Å². The molecule has 0 saturated carbocycles. The fraction of sp³-hybridized carbons (Fsp3) is 0.462. The molecule has 0 spiro atoms. The van der Waals surface area contributed by atoms with E-state index in [1.165, 1.54) is 11.1 Å². The first-order chi connectivity index (χ1) is 14.3. The molecular formula is C26H36FN3. The van der Waals surface area contributed by atoms with Crippen molar-refractivity contribution in [3.8, 4) is 11.1 Å². The van der Waals surface area contributed by atoms with E-state index in [1.807, 2.05) is 0 Å². The number of nitrogens with one attached hydrogen (secondary N) is 2. The van der Waals surface area contributed by atoms with Crippen molar-refractivity contribution >= 4 is 11.4 Å². The Morgan fingerprint density at radius 3 is 2.13 bits per heavy atom. The number of halogens is 1. The number of anilines is 1. The van der Waals surface area contributed by atoms with Crippen molar-refractivity contribution in [3.63, 3.8) is 0 Å². The molecule has 162 valence electrons. The van der Waals surface area contributed by atoms with E-state index in [0.717, 1.165) is 56.0 Å². The second kappa shape index (κ2) is 10.1. The Labute approximate surface area is 181 Å². The van der Waals surface area contributed by atoms with Crippen molar-refractivity contribution in [3.05, 3.63) is 60.7 Å². The highest BCUT2D eigenvalue weighted by atomic mass is 19.1. The topological polar surface area (TPSA) is 27.3 Å². The van der Waals surface area contributed by atoms with Gasteiger partial charge in [0.2, 0.25) is 0 Å². The van der Waals surface area contributed by atoms with Crippen LogP contribution in [0.5, 0.6) is 0 Å². The van der Waals surface area contributed by atoms with Crippen molar-refractivity contribution in [1.82, 2.24) is 10.2 Å². The molecule has 0 radical (unpaired) electrons. The Kier molecular flexibility index (Phi) is 7.54. The van der Waals surface area contributed by atoms with Crippen LogP contribution >= 0.6 is 0 Å². The Morgan fingerprint density at radius 1 is 1.03 bits per heavy atom. The molecule has 0 atom stereocenters. The molecule has 0 unspecified atom stereocenters. The van der Waals surface area contributed by atoms with E-state index in [-0.39, 0.29) is 0 Å². The molecule has 2 N–H and O–H groups in total. The van der Waals surface area contributed by atoms with E-state index in [0.29, 0.717) is 12.5 Å². The second-order valence-electron chi connectivity index (χ2n) is 8.98. The van der Waals surface area contributed by atoms with E-state index in [2.05, 4.69) is 77.6 Å². The monoisotopic (exact) mass is 409 g/mol. The Hall–Kier alpha value is -2.33. The molecule has 2 aromatic rings. The zero-order valence-electron chi connectivity index (χ0n) is 18.7. The normalized spacial score (nSPS) is 15.7. The maximum Gasteiger partial charge on any atom is 0.118 e. The van der Waals surface area contributed by atoms with Crippen LogP contribution in [-0.4, -0.2) is 43.3 Å². The minimum Gasteiger partial charge on any atom is -0.385 e. The molecule has 1 aliphatic rings. The fourth-order valence-corrected chi connectivity index (χ4v) is 4.10. The van der Waals surface area contributed by atoms with Crippen LogP contribution in [-0.2, 0) is 0 Å². The van der Waals surface area contributed by atoms with E-state index in [9.17, 15) is 4.39 Å². The van der Waals surface area contributed by atoms with Crippen molar-refractivity contribution in [1.29, 1.82) is 0 Å². The molecule has 2 aromatic carbocycles. The Balaban J connectivity index is 1.48. The lowest BCUT2D eigenvalue weighted by Gasteiger charge is -2.34. The van der Waals surface area contributed by atoms with Gasteiger partial charge in [-0.15, -0.1) is 0 Å². The highest BCUT2D eigenvalue weighted by Gasteiger charge is 2.25. The lowest BCUT2D eigenvalue weighted by molar-refractivity contribution is 0.0977. The first-order valence-corrected chi connectivity index (χ1v) is 11.1. The molecule has 0 bridgehead atoms. The van der Waals surface area contributed by atoms with Gasteiger partial charge in [-0.05, 0) is 81.4 Å². The predicted octanol–water partition coefficient (Wildman–Crippen LogP) is 5.81. The van der Waals surface area contributed by atoms with Gasteiger partial charge >= 0.3 is 0 Å². The first kappa shape index (κ1) is 22.4. The standard InChI is InChI=1S/C26H36FN3/c1-5-28-20(2)22-6-8-23(9-7-22)24-10-12-25(13-11-24)29-18-21-14-16-30(17-15-21)19-26(3,4)27/h6-13,21,28-29H,2,5,14-19H2,1,3-4H3. The van der Waals surface area contributed by atoms with Crippen molar-refractivity contribution in [2.45, 2.75) is 39.3 Å². The average molecular weight is 410 g/mol. The summed E-state index contributed by atoms with van der Waals surface area (Å²) in [5, 5.41) is 6.84. The number of benzene rings is 2. The van der Waals surface area contributed by atoms with Crippen molar-refractivity contribution in [2.24, 2.45) is 5.92 Å². The Bertz CT molecular complexity index is 798. The van der Waals surface area contributed by atoms with E-state index >= 15 is 0 Å². The van der Waals surface area contributed by atoms with Crippen LogP contribution in [0.1, 0.15) is 39.2 Å². The van der Waals surface area contributed by atoms with Crippen LogP contribution in [0, 0.1) is 5.92 Å². The molecule has 1 heterocycles. The van der Waals surface area contributed by atoms with Gasteiger partial charge in [-0.2, -0.15) is 0 Å². The molecule has 1 saturated heterocycles. The molecule has 1 fully saturated rings. The van der Waals surface area contributed by atoms with Gasteiger partial charge in [0.25, 0.3) is 0 Å². The van der Waals surface area contributed by atoms with Crippen LogP contribution < -0.4 is 10.6 Å². The van der Waals surface area contributed by atoms with Crippen LogP contribution in [0.15, 0.2) is 55.1 Å². The molecular weight excluding hydrogens is 373 g/mol. The number of alkyl halides is 1. The molecule has 30 heavy (non-hydrogen) atoms. The van der Waals surface area contributed by atoms with Crippen LogP contribution in [0.25, 0.3) is 16.8 Å². The number of nitrogens with zero attached hydrogens (tertiary/aromatic N) is 1. The summed E-state index contributed by atoms with van der Waals surface area (Å²) in [5.41, 5.74) is 4.56. The second-order valence-corrected chi connectivity index (χ2v) is 8.98. The third-order valence-electron chi connectivity index (χ3n) is 5.74. The summed E-state index contributed by atoms with van der Waals surface area (Å²) >= 11 is 0. The average Bonchev–Trinajstić information content (AvgIpc) is 2.73. The fourth-order valence-electron chi connectivity index (χ4n) is 4.10. The molecule has 0 aliphatic carbocycles. The summed E-state index contributed by atoms with van der Waals surface area (Å²) in [6.07, 6.45) is 2.26. The summed E-state index contributed by atoms with van der Waals surface area (Å²) in [7, 11) is 0. The van der Waals surface area contributed by atoms with E-state index in [1.54, 1.807) is 13.8 Å². The summed E-state index contributed by atoms with van der Waals surface area (Å²) in [6, 6.07) is 17.2. The lowest BCUT2D eigenvalue weighted by Crippen LogP contribution is -2.42. The number of likely N-dealkylation sites (tertiary alicyclic amines) is 1. The third-order valence-corrected chi connectivity index (χ3v) is 5.74. The van der Waals surface area contributed by atoms with Crippen molar-refractivity contribution < 1.29 is 4.39 Å². The van der Waals surface area contributed by atoms with Gasteiger partial charge in [0.05, 0.1) is 0 Å². The molecule has 4 heteroatoms. The molecule has 3 rings (SSSR count). The predicted molar refractivity (Wildman–Crippen MR) is 127 cm³/mol. The zero-order chi connectivity index (χ0) is 21.6. The molecule has 1 aliphatic heterocycles. The maximum absolute atomic E-state index is 13.8. The Morgan fingerprint density at radius 2 is 1.60 bits per heavy atom. The molecule has 3 nitrogen and oxygen atoms in total. The largest absolute Gasteiger partial charge is 0.385 e. The SMILES string of the molecule is C=C(NCC)c1ccc(-c2ccc(NCC3CCN(CC(C)(C)F)CC3)cc2)cc1. The summed E-state index contributed by atoms with van der Waals surface area (Å²) in [5.74, 6) is 0.654. The van der Waals surface area contributed by atoms with Gasteiger partial charge < -0.3 is 15.5 Å². The van der Waals surface area contributed by atoms with Gasteiger partial charge in [-0.1, -0.05) is 43.0 Å². The van der Waals surface area contributed by atoms with Gasteiger partial charge in [0, 0.05) is 31.0 Å². The number of rotatable bonds is 9. The quantitative estimate of drug-likeness (QED) is 0.548. The maximum atomic E-state index is 13.8. The molecule has 0 aromatic heterocycles. The third kappa shape index (κ3) is 6.60. The van der Waals surface area contributed by atoms with Crippen LogP contribution in [0.2, 0.25) is 0 Å². The highest BCUT2D eigenvalue weighted by molar-refractivity contribution is 5.70. The number of piperidine rings is 1. The van der Waals surface area contributed by atoms with Crippen LogP contribution in [0.3, 0.4) is 0 Å². The van der Waals surface area contributed by atoms with Crippen LogP contribution in [0.4, 0.5) is 10.1 Å². The number of hydrogen-bond donors (Lipinski definition) is 2.